The molecule has 0 heterocycles. The second kappa shape index (κ2) is 6.77. The van der Waals surface area contributed by atoms with Gasteiger partial charge in [0.15, 0.2) is 0 Å². The van der Waals surface area contributed by atoms with E-state index >= 15 is 0 Å². The molecular weight excluding hydrogens is 383 g/mol. The van der Waals surface area contributed by atoms with Crippen LogP contribution in [-0.2, 0) is 15.7 Å². The van der Waals surface area contributed by atoms with Gasteiger partial charge in [0.25, 0.3) is 0 Å². The third kappa shape index (κ3) is 5.65. The van der Waals surface area contributed by atoms with Crippen LogP contribution in [0.3, 0.4) is 0 Å². The van der Waals surface area contributed by atoms with Crippen LogP contribution in [0.25, 0.3) is 0 Å². The third-order valence-corrected chi connectivity index (χ3v) is 5.75. The Kier molecular flexibility index (Phi) is 5.78. The van der Waals surface area contributed by atoms with Crippen molar-refractivity contribution in [2.45, 2.75) is 41.5 Å². The van der Waals surface area contributed by atoms with Crippen molar-refractivity contribution in [3.05, 3.63) is 33.9 Å². The first-order valence-electron chi connectivity index (χ1n) is 6.72. The van der Waals surface area contributed by atoms with E-state index in [2.05, 4.69) is 0 Å². The Hall–Kier alpha value is -1.11. The molecule has 1 rings (SSSR count). The van der Waals surface area contributed by atoms with Gasteiger partial charge in [-0.15, -0.1) is 0 Å². The fourth-order valence-corrected chi connectivity index (χ4v) is 4.63. The van der Waals surface area contributed by atoms with Crippen LogP contribution in [-0.4, -0.2) is 11.9 Å². The number of halogens is 1. The van der Waals surface area contributed by atoms with E-state index in [1.807, 2.05) is 30.3 Å². The molecule has 0 aliphatic carbocycles. The summed E-state index contributed by atoms with van der Waals surface area (Å²) >= 11 is -2.81. The van der Waals surface area contributed by atoms with Crippen molar-refractivity contribution in [3.8, 4) is 0 Å². The average Bonchev–Trinajstić information content (AvgIpc) is 2.36. The van der Waals surface area contributed by atoms with Crippen molar-refractivity contribution < 1.29 is 15.7 Å². The average molecular weight is 406 g/mol. The summed E-state index contributed by atoms with van der Waals surface area (Å²) in [5, 5.41) is 0. The van der Waals surface area contributed by atoms with Gasteiger partial charge in [0, 0.05) is 0 Å². The molecule has 5 heteroatoms. The van der Waals surface area contributed by atoms with E-state index in [-0.39, 0.29) is 11.9 Å². The van der Waals surface area contributed by atoms with Crippen molar-refractivity contribution in [2.24, 2.45) is 10.8 Å². The van der Waals surface area contributed by atoms with Crippen molar-refractivity contribution in [3.63, 3.8) is 0 Å². The standard InChI is InChI=1S/C16H23IO4/c1-15(2,3)13(18)20-17(12-10-8-7-9-11-12)21-14(19)16(4,5)6/h7-11H,1-6H3. The quantitative estimate of drug-likeness (QED) is 0.700. The first-order chi connectivity index (χ1) is 9.51. The summed E-state index contributed by atoms with van der Waals surface area (Å²) in [4.78, 5) is 24.2. The third-order valence-electron chi connectivity index (χ3n) is 2.42. The van der Waals surface area contributed by atoms with Gasteiger partial charge in [-0.25, -0.2) is 0 Å². The molecule has 0 N–H and O–H groups in total. The van der Waals surface area contributed by atoms with Gasteiger partial charge < -0.3 is 0 Å². The van der Waals surface area contributed by atoms with Crippen molar-refractivity contribution in [1.82, 2.24) is 0 Å². The zero-order valence-electron chi connectivity index (χ0n) is 13.4. The maximum atomic E-state index is 12.1. The SMILES string of the molecule is CC(C)(C)C(=O)OI(OC(=O)C(C)(C)C)c1ccccc1. The Morgan fingerprint density at radius 1 is 0.810 bits per heavy atom. The molecule has 1 aromatic rings. The van der Waals surface area contributed by atoms with Gasteiger partial charge in [0.05, 0.1) is 0 Å². The summed E-state index contributed by atoms with van der Waals surface area (Å²) in [5.41, 5.74) is -1.25. The molecule has 1 aromatic carbocycles. The Balaban J connectivity index is 2.97. The molecule has 0 aromatic heterocycles. The van der Waals surface area contributed by atoms with Gasteiger partial charge in [-0.1, -0.05) is 0 Å². The minimum absolute atomic E-state index is 0.349. The molecular formula is C16H23IO4. The molecule has 0 atom stereocenters. The first kappa shape index (κ1) is 17.9. The van der Waals surface area contributed by atoms with Crippen LogP contribution in [0.15, 0.2) is 30.3 Å². The number of carbonyl (C=O) groups is 2. The van der Waals surface area contributed by atoms with Crippen LogP contribution in [0.5, 0.6) is 0 Å². The molecule has 0 amide bonds. The minimum atomic E-state index is -2.81. The van der Waals surface area contributed by atoms with Gasteiger partial charge in [0.1, 0.15) is 0 Å². The van der Waals surface area contributed by atoms with E-state index < -0.39 is 31.5 Å². The zero-order chi connectivity index (χ0) is 16.3. The summed E-state index contributed by atoms with van der Waals surface area (Å²) in [6.45, 7) is 10.7. The summed E-state index contributed by atoms with van der Waals surface area (Å²) in [7, 11) is 0. The molecule has 0 spiro atoms. The molecule has 21 heavy (non-hydrogen) atoms. The number of rotatable bonds is 3. The topological polar surface area (TPSA) is 52.6 Å². The second-order valence-electron chi connectivity index (χ2n) is 6.74. The van der Waals surface area contributed by atoms with Crippen LogP contribution >= 0.6 is 20.6 Å². The van der Waals surface area contributed by atoms with Crippen molar-refractivity contribution in [1.29, 1.82) is 0 Å². The molecule has 0 aliphatic heterocycles. The van der Waals surface area contributed by atoms with E-state index in [0.29, 0.717) is 0 Å². The molecule has 0 saturated carbocycles. The molecule has 0 unspecified atom stereocenters. The van der Waals surface area contributed by atoms with Gasteiger partial charge >= 0.3 is 135 Å². The van der Waals surface area contributed by atoms with E-state index in [4.69, 9.17) is 6.13 Å². The Morgan fingerprint density at radius 3 is 1.52 bits per heavy atom. The zero-order valence-corrected chi connectivity index (χ0v) is 15.6. The fraction of sp³-hybridized carbons (Fsp3) is 0.500. The van der Waals surface area contributed by atoms with E-state index in [0.717, 1.165) is 3.57 Å². The molecule has 0 aliphatic rings. The summed E-state index contributed by atoms with van der Waals surface area (Å²) < 4.78 is 11.9. The molecule has 4 nitrogen and oxygen atoms in total. The van der Waals surface area contributed by atoms with Gasteiger partial charge in [-0.3, -0.25) is 0 Å². The predicted molar refractivity (Wildman–Crippen MR) is 90.3 cm³/mol. The second-order valence-corrected chi connectivity index (χ2v) is 10.1. The molecule has 118 valence electrons. The van der Waals surface area contributed by atoms with E-state index in [9.17, 15) is 9.59 Å². The molecule has 0 fully saturated rings. The van der Waals surface area contributed by atoms with Gasteiger partial charge in [-0.2, -0.15) is 0 Å². The molecule has 0 radical (unpaired) electrons. The van der Waals surface area contributed by atoms with Crippen LogP contribution in [0.2, 0.25) is 0 Å². The maximum absolute atomic E-state index is 12.1. The number of hydrogen-bond acceptors (Lipinski definition) is 4. The van der Waals surface area contributed by atoms with Crippen LogP contribution < -0.4 is 0 Å². The number of hydrogen-bond donors (Lipinski definition) is 0. The van der Waals surface area contributed by atoms with Gasteiger partial charge in [0.2, 0.25) is 0 Å². The van der Waals surface area contributed by atoms with Crippen LogP contribution in [0.4, 0.5) is 0 Å². The van der Waals surface area contributed by atoms with E-state index in [1.54, 1.807) is 41.5 Å². The van der Waals surface area contributed by atoms with Gasteiger partial charge in [-0.05, 0) is 0 Å². The summed E-state index contributed by atoms with van der Waals surface area (Å²) in [6.07, 6.45) is 0. The first-order valence-corrected chi connectivity index (χ1v) is 9.57. The Bertz CT molecular complexity index is 469. The molecule has 0 bridgehead atoms. The van der Waals surface area contributed by atoms with Crippen molar-refractivity contribution in [2.75, 3.05) is 0 Å². The van der Waals surface area contributed by atoms with E-state index in [1.165, 1.54) is 0 Å². The molecule has 0 saturated heterocycles. The normalized spacial score (nSPS) is 12.6. The van der Waals surface area contributed by atoms with Crippen LogP contribution in [0, 0.1) is 14.4 Å². The fourth-order valence-electron chi connectivity index (χ4n) is 0.981. The summed E-state index contributed by atoms with van der Waals surface area (Å²) in [6, 6.07) is 9.22. The monoisotopic (exact) mass is 406 g/mol. The number of benzene rings is 1. The number of carbonyl (C=O) groups excluding carboxylic acids is 2. The predicted octanol–water partition coefficient (Wildman–Crippen LogP) is 4.37. The van der Waals surface area contributed by atoms with Crippen LogP contribution in [0.1, 0.15) is 41.5 Å². The van der Waals surface area contributed by atoms with Crippen molar-refractivity contribution >= 4 is 32.6 Å². The summed E-state index contributed by atoms with van der Waals surface area (Å²) in [5.74, 6) is -0.698. The Labute approximate surface area is 134 Å². The Morgan fingerprint density at radius 2 is 1.19 bits per heavy atom.